The van der Waals surface area contributed by atoms with E-state index in [-0.39, 0.29) is 33.9 Å². The number of hydrogen-bond donors (Lipinski definition) is 0. The number of rotatable bonds is 0. The second-order valence-corrected chi connectivity index (χ2v) is 14.9. The monoisotopic (exact) mass is 510 g/mol. The van der Waals surface area contributed by atoms with Gasteiger partial charge >= 0.3 is 0 Å². The lowest BCUT2D eigenvalue weighted by atomic mass is 9.43. The minimum atomic E-state index is -0.152. The molecule has 1 fully saturated rings. The van der Waals surface area contributed by atoms with Gasteiger partial charge in [0.2, 0.25) is 0 Å². The van der Waals surface area contributed by atoms with E-state index in [1.807, 2.05) is 0 Å². The van der Waals surface area contributed by atoms with Crippen molar-refractivity contribution in [3.8, 4) is 0 Å². The first-order chi connectivity index (χ1) is 18.3. The van der Waals surface area contributed by atoms with Crippen molar-refractivity contribution in [2.24, 2.45) is 21.7 Å². The zero-order valence-electron chi connectivity index (χ0n) is 24.5. The van der Waals surface area contributed by atoms with Gasteiger partial charge in [-0.05, 0) is 89.4 Å². The summed E-state index contributed by atoms with van der Waals surface area (Å²) in [7, 11) is 0. The van der Waals surface area contributed by atoms with Crippen LogP contribution < -0.4 is 0 Å². The molecule has 8 rings (SSSR count). The largest absolute Gasteiger partial charge is 0.356 e. The molecule has 1 heteroatoms. The summed E-state index contributed by atoms with van der Waals surface area (Å²) in [4.78, 5) is 0. The first kappa shape index (κ1) is 23.7. The molecule has 2 heterocycles. The van der Waals surface area contributed by atoms with Crippen LogP contribution in [0.15, 0.2) is 117 Å². The highest BCUT2D eigenvalue weighted by atomic mass is 16.5. The Morgan fingerprint density at radius 3 is 1.41 bits per heavy atom. The molecule has 0 amide bonds. The van der Waals surface area contributed by atoms with Gasteiger partial charge in [-0.2, -0.15) is 0 Å². The van der Waals surface area contributed by atoms with Crippen LogP contribution in [0.4, 0.5) is 0 Å². The zero-order valence-corrected chi connectivity index (χ0v) is 24.5. The second kappa shape index (κ2) is 6.94. The molecule has 0 saturated carbocycles. The van der Waals surface area contributed by atoms with Gasteiger partial charge in [-0.3, -0.25) is 0 Å². The van der Waals surface area contributed by atoms with Crippen LogP contribution in [-0.4, -0.2) is 0 Å². The average Bonchev–Trinajstić information content (AvgIpc) is 3.42. The quantitative estimate of drug-likeness (QED) is 0.343. The highest BCUT2D eigenvalue weighted by Gasteiger charge is 2.63. The third-order valence-corrected chi connectivity index (χ3v) is 10.8. The normalized spacial score (nSPS) is 32.0. The molecular weight excluding hydrogens is 472 g/mol. The molecule has 2 bridgehead atoms. The molecule has 2 aromatic carbocycles. The van der Waals surface area contributed by atoms with E-state index in [9.17, 15) is 0 Å². The van der Waals surface area contributed by atoms with E-state index in [0.29, 0.717) is 0 Å². The Morgan fingerprint density at radius 1 is 0.615 bits per heavy atom. The molecule has 1 saturated heterocycles. The molecule has 2 unspecified atom stereocenters. The predicted molar refractivity (Wildman–Crippen MR) is 161 cm³/mol. The van der Waals surface area contributed by atoms with Crippen LogP contribution in [0.1, 0.15) is 78.7 Å². The molecule has 0 radical (unpaired) electrons. The number of hydrogen-bond acceptors (Lipinski definition) is 1. The fraction of sp³-hybridized carbons (Fsp3) is 0.368. The lowest BCUT2D eigenvalue weighted by Gasteiger charge is -2.59. The molecule has 4 aliphatic carbocycles. The summed E-state index contributed by atoms with van der Waals surface area (Å²) in [6.45, 7) is 19.1. The summed E-state index contributed by atoms with van der Waals surface area (Å²) < 4.78 is 7.05. The predicted octanol–water partition coefficient (Wildman–Crippen LogP) is 9.98. The number of allylic oxidation sites excluding steroid dienone is 12. The SMILES string of the molecule is CC(C)(C)C1=CC2=C3C(=C4C=C(C(C)(C)C)C=C5C=CC(=C1)[C@@]2(C)[C@]54C)C1OC3c2cc3ccccc3cc21. The van der Waals surface area contributed by atoms with E-state index in [0.717, 1.165) is 0 Å². The van der Waals surface area contributed by atoms with Crippen LogP contribution in [0, 0.1) is 21.7 Å². The van der Waals surface area contributed by atoms with E-state index in [2.05, 4.69) is 128 Å². The second-order valence-electron chi connectivity index (χ2n) is 14.9. The molecule has 39 heavy (non-hydrogen) atoms. The Kier molecular flexibility index (Phi) is 4.22. The van der Waals surface area contributed by atoms with Crippen molar-refractivity contribution < 1.29 is 4.74 Å². The van der Waals surface area contributed by atoms with E-state index in [1.165, 1.54) is 66.5 Å². The smallest absolute Gasteiger partial charge is 0.110 e. The van der Waals surface area contributed by atoms with Gasteiger partial charge in [0.25, 0.3) is 0 Å². The lowest BCUT2D eigenvalue weighted by Crippen LogP contribution is -2.50. The molecule has 196 valence electrons. The molecule has 0 spiro atoms. The maximum atomic E-state index is 7.05. The van der Waals surface area contributed by atoms with Crippen LogP contribution in [-0.2, 0) is 4.74 Å². The van der Waals surface area contributed by atoms with E-state index < -0.39 is 0 Å². The van der Waals surface area contributed by atoms with Crippen molar-refractivity contribution in [1.82, 2.24) is 0 Å². The molecule has 0 N–H and O–H groups in total. The van der Waals surface area contributed by atoms with Crippen molar-refractivity contribution in [2.75, 3.05) is 0 Å². The van der Waals surface area contributed by atoms with Crippen LogP contribution in [0.2, 0.25) is 0 Å². The van der Waals surface area contributed by atoms with Crippen LogP contribution in [0.3, 0.4) is 0 Å². The summed E-state index contributed by atoms with van der Waals surface area (Å²) in [5.74, 6) is 0. The molecular formula is C38H38O. The lowest BCUT2D eigenvalue weighted by molar-refractivity contribution is 0.0898. The minimum absolute atomic E-state index is 0.0166. The Hall–Kier alpha value is -3.16. The van der Waals surface area contributed by atoms with Gasteiger partial charge in [-0.15, -0.1) is 0 Å². The van der Waals surface area contributed by atoms with Crippen LogP contribution >= 0.6 is 0 Å². The van der Waals surface area contributed by atoms with Crippen LogP contribution in [0.25, 0.3) is 10.8 Å². The van der Waals surface area contributed by atoms with E-state index in [4.69, 9.17) is 4.74 Å². The van der Waals surface area contributed by atoms with Crippen molar-refractivity contribution in [2.45, 2.75) is 67.6 Å². The fourth-order valence-electron chi connectivity index (χ4n) is 8.22. The van der Waals surface area contributed by atoms with Gasteiger partial charge < -0.3 is 4.74 Å². The number of ether oxygens (including phenoxy) is 1. The summed E-state index contributed by atoms with van der Waals surface area (Å²) in [6, 6.07) is 13.6. The van der Waals surface area contributed by atoms with E-state index in [1.54, 1.807) is 0 Å². The fourth-order valence-corrected chi connectivity index (χ4v) is 8.22. The number of benzene rings is 2. The summed E-state index contributed by atoms with van der Waals surface area (Å²) in [6.07, 6.45) is 14.9. The Balaban J connectivity index is 1.52. The average molecular weight is 511 g/mol. The summed E-state index contributed by atoms with van der Waals surface area (Å²) in [5.41, 5.74) is 14.0. The Labute approximate surface area is 233 Å². The van der Waals surface area contributed by atoms with Gasteiger partial charge in [0.15, 0.2) is 0 Å². The van der Waals surface area contributed by atoms with Crippen molar-refractivity contribution in [1.29, 1.82) is 0 Å². The first-order valence-corrected chi connectivity index (χ1v) is 14.6. The molecule has 0 aromatic heterocycles. The molecule has 2 aromatic rings. The maximum absolute atomic E-state index is 7.05. The Morgan fingerprint density at radius 2 is 1.03 bits per heavy atom. The topological polar surface area (TPSA) is 9.23 Å². The number of fused-ring (bicyclic) bond motifs is 9. The first-order valence-electron chi connectivity index (χ1n) is 14.6. The molecule has 4 atom stereocenters. The summed E-state index contributed by atoms with van der Waals surface area (Å²) >= 11 is 0. The van der Waals surface area contributed by atoms with E-state index >= 15 is 0 Å². The van der Waals surface area contributed by atoms with Gasteiger partial charge in [-0.1, -0.05) is 116 Å². The highest BCUT2D eigenvalue weighted by molar-refractivity contribution is 5.87. The molecule has 6 aliphatic rings. The third kappa shape index (κ3) is 2.71. The Bertz CT molecular complexity index is 1630. The van der Waals surface area contributed by atoms with Crippen molar-refractivity contribution in [3.63, 3.8) is 0 Å². The minimum Gasteiger partial charge on any atom is -0.356 e. The zero-order chi connectivity index (χ0) is 27.3. The standard InChI is InChI=1S/C38H38O/c1-35(2,3)25-17-23-13-14-24-18-26(36(4,5)6)20-30-32-31(29(19-25)37(23,7)38(24,30)8)33-27-15-21-11-9-10-12-22(21)16-28(27)34(32)39-33/h9-20,33-34H,1-8H3/t33?,34?,37-,38-/m1/s1. The van der Waals surface area contributed by atoms with Gasteiger partial charge in [0, 0.05) is 10.8 Å². The third-order valence-electron chi connectivity index (χ3n) is 10.8. The molecule has 2 aliphatic heterocycles. The summed E-state index contributed by atoms with van der Waals surface area (Å²) in [5, 5.41) is 2.60. The van der Waals surface area contributed by atoms with Crippen molar-refractivity contribution in [3.05, 3.63) is 129 Å². The van der Waals surface area contributed by atoms with Gasteiger partial charge in [-0.25, -0.2) is 0 Å². The molecule has 1 nitrogen and oxygen atoms in total. The highest BCUT2D eigenvalue weighted by Crippen LogP contribution is 2.73. The van der Waals surface area contributed by atoms with Gasteiger partial charge in [0.05, 0.1) is 0 Å². The van der Waals surface area contributed by atoms with Crippen molar-refractivity contribution >= 4 is 10.8 Å². The maximum Gasteiger partial charge on any atom is 0.110 e. The van der Waals surface area contributed by atoms with Gasteiger partial charge in [0.1, 0.15) is 12.2 Å². The van der Waals surface area contributed by atoms with Crippen LogP contribution in [0.5, 0.6) is 0 Å².